The molecule has 1 heterocycles. The smallest absolute Gasteiger partial charge is 0.0175 e. The lowest BCUT2D eigenvalue weighted by molar-refractivity contribution is 0.712. The molecule has 150 valence electrons. The Balaban J connectivity index is 1.87. The van der Waals surface area contributed by atoms with Gasteiger partial charge in [-0.2, -0.15) is 0 Å². The highest BCUT2D eigenvalue weighted by atomic mass is 79.9. The Morgan fingerprint density at radius 2 is 1.00 bits per heavy atom. The van der Waals surface area contributed by atoms with E-state index in [9.17, 15) is 0 Å². The van der Waals surface area contributed by atoms with Crippen molar-refractivity contribution in [3.8, 4) is 27.0 Å². The molecule has 5 rings (SSSR count). The second kappa shape index (κ2) is 8.87. The molecule has 0 N–H and O–H groups in total. The fourth-order valence-electron chi connectivity index (χ4n) is 4.64. The maximum absolute atomic E-state index is 3.63. The van der Waals surface area contributed by atoms with Crippen molar-refractivity contribution < 1.29 is 0 Å². The molecule has 0 bridgehead atoms. The van der Waals surface area contributed by atoms with Gasteiger partial charge in [0.1, 0.15) is 0 Å². The van der Waals surface area contributed by atoms with Gasteiger partial charge in [-0.25, -0.2) is 0 Å². The van der Waals surface area contributed by atoms with Gasteiger partial charge < -0.3 is 0 Å². The van der Waals surface area contributed by atoms with Gasteiger partial charge in [-0.15, -0.1) is 0 Å². The summed E-state index contributed by atoms with van der Waals surface area (Å²) in [5, 5.41) is 4.62. The Morgan fingerprint density at radius 3 is 1.47 bits per heavy atom. The molecular formula is C27H23Br2P. The average molecular weight is 538 g/mol. The van der Waals surface area contributed by atoms with E-state index in [1.165, 1.54) is 48.5 Å². The maximum Gasteiger partial charge on any atom is 0.0175 e. The minimum absolute atomic E-state index is 0.572. The van der Waals surface area contributed by atoms with E-state index in [-0.39, 0.29) is 0 Å². The first-order valence-corrected chi connectivity index (χ1v) is 13.5. The van der Waals surface area contributed by atoms with Crippen LogP contribution in [0.1, 0.15) is 30.4 Å². The highest BCUT2D eigenvalue weighted by Crippen LogP contribution is 2.61. The number of benzene rings is 3. The predicted octanol–water partition coefficient (Wildman–Crippen LogP) is 9.79. The van der Waals surface area contributed by atoms with Gasteiger partial charge >= 0.3 is 0 Å². The van der Waals surface area contributed by atoms with Gasteiger partial charge in [0.25, 0.3) is 0 Å². The fraction of sp³-hybridized carbons (Fsp3) is 0.185. The van der Waals surface area contributed by atoms with E-state index in [0.29, 0.717) is 0 Å². The van der Waals surface area contributed by atoms with E-state index in [4.69, 9.17) is 0 Å². The summed E-state index contributed by atoms with van der Waals surface area (Å²) >= 11 is 7.25. The van der Waals surface area contributed by atoms with Crippen molar-refractivity contribution in [2.45, 2.75) is 32.1 Å². The molecule has 3 aromatic carbocycles. The van der Waals surface area contributed by atoms with Gasteiger partial charge in [-0.05, 0) is 77.5 Å². The Labute approximate surface area is 196 Å². The van der Waals surface area contributed by atoms with Gasteiger partial charge in [0.2, 0.25) is 0 Å². The average Bonchev–Trinajstić information content (AvgIpc) is 2.92. The number of hydrogen-bond acceptors (Lipinski definition) is 0. The number of fused-ring (bicyclic) bond motifs is 1. The van der Waals surface area contributed by atoms with Crippen molar-refractivity contribution in [3.63, 3.8) is 0 Å². The summed E-state index contributed by atoms with van der Waals surface area (Å²) in [6, 6.07) is 29.1. The largest absolute Gasteiger partial charge is 0.0767 e. The van der Waals surface area contributed by atoms with Crippen molar-refractivity contribution in [1.29, 1.82) is 0 Å². The van der Waals surface area contributed by atoms with E-state index in [1.54, 1.807) is 21.7 Å². The first-order chi connectivity index (χ1) is 14.7. The Morgan fingerprint density at radius 1 is 0.533 bits per heavy atom. The zero-order valence-corrected chi connectivity index (χ0v) is 20.8. The summed E-state index contributed by atoms with van der Waals surface area (Å²) in [6.07, 6.45) is 6.32. The molecule has 0 atom stereocenters. The Kier molecular flexibility index (Phi) is 6.01. The van der Waals surface area contributed by atoms with Gasteiger partial charge in [0.15, 0.2) is 0 Å². The quantitative estimate of drug-likeness (QED) is 0.228. The number of rotatable bonds is 3. The van der Waals surface area contributed by atoms with E-state index in [2.05, 4.69) is 111 Å². The normalized spacial score (nSPS) is 13.7. The highest BCUT2D eigenvalue weighted by Gasteiger charge is 2.27. The number of hydrogen-bond donors (Lipinski definition) is 0. The summed E-state index contributed by atoms with van der Waals surface area (Å²) < 4.78 is 2.28. The predicted molar refractivity (Wildman–Crippen MR) is 138 cm³/mol. The van der Waals surface area contributed by atoms with Crippen LogP contribution >= 0.6 is 39.4 Å². The molecule has 0 aliphatic heterocycles. The van der Waals surface area contributed by atoms with Crippen LogP contribution in [-0.4, -0.2) is 0 Å². The van der Waals surface area contributed by atoms with Crippen LogP contribution in [-0.2, 0) is 12.8 Å². The first kappa shape index (κ1) is 20.3. The van der Waals surface area contributed by atoms with E-state index >= 15 is 0 Å². The highest BCUT2D eigenvalue weighted by molar-refractivity contribution is 9.10. The minimum atomic E-state index is -0.572. The van der Waals surface area contributed by atoms with Crippen molar-refractivity contribution in [2.24, 2.45) is 0 Å². The lowest BCUT2D eigenvalue weighted by atomic mass is 9.98. The molecule has 4 aromatic rings. The Bertz CT molecular complexity index is 1080. The summed E-state index contributed by atoms with van der Waals surface area (Å²) in [4.78, 5) is 0. The molecule has 0 saturated heterocycles. The van der Waals surface area contributed by atoms with Crippen LogP contribution in [0.25, 0.3) is 27.0 Å². The van der Waals surface area contributed by atoms with Crippen LogP contribution in [0.3, 0.4) is 0 Å². The first-order valence-electron chi connectivity index (χ1n) is 10.6. The van der Waals surface area contributed by atoms with Gasteiger partial charge in [0.05, 0.1) is 0 Å². The molecule has 1 aliphatic rings. The summed E-state index contributed by atoms with van der Waals surface area (Å²) in [5.41, 5.74) is 6.02. The monoisotopic (exact) mass is 536 g/mol. The molecule has 30 heavy (non-hydrogen) atoms. The lowest BCUT2D eigenvalue weighted by Gasteiger charge is -2.13. The van der Waals surface area contributed by atoms with Crippen molar-refractivity contribution in [2.75, 3.05) is 0 Å². The molecule has 0 amide bonds. The maximum atomic E-state index is 3.63. The van der Waals surface area contributed by atoms with Crippen molar-refractivity contribution in [3.05, 3.63) is 98.9 Å². The SMILES string of the molecule is Brc1ccc(-c2c3c(c(-c4ccc(Br)cc4)p2-c2ccccc2)CCCCC3)cc1. The molecule has 0 nitrogen and oxygen atoms in total. The molecule has 1 aromatic heterocycles. The van der Waals surface area contributed by atoms with Crippen molar-refractivity contribution in [1.82, 2.24) is 0 Å². The van der Waals surface area contributed by atoms with E-state index in [0.717, 1.165) is 8.95 Å². The zero-order chi connectivity index (χ0) is 20.5. The van der Waals surface area contributed by atoms with E-state index in [1.807, 2.05) is 0 Å². The number of halogens is 2. The van der Waals surface area contributed by atoms with Crippen LogP contribution in [0, 0.1) is 0 Å². The van der Waals surface area contributed by atoms with Crippen molar-refractivity contribution >= 4 is 39.4 Å². The lowest BCUT2D eigenvalue weighted by Crippen LogP contribution is -1.89. The zero-order valence-electron chi connectivity index (χ0n) is 16.7. The fourth-order valence-corrected chi connectivity index (χ4v) is 8.23. The van der Waals surface area contributed by atoms with Gasteiger partial charge in [0, 0.05) is 19.5 Å². The van der Waals surface area contributed by atoms with E-state index < -0.39 is 7.53 Å². The van der Waals surface area contributed by atoms with Crippen LogP contribution in [0.2, 0.25) is 0 Å². The van der Waals surface area contributed by atoms with Gasteiger partial charge in [-0.3, -0.25) is 0 Å². The topological polar surface area (TPSA) is 0 Å². The van der Waals surface area contributed by atoms with Crippen LogP contribution < -0.4 is 0 Å². The summed E-state index contributed by atoms with van der Waals surface area (Å²) in [6.45, 7) is 0. The third-order valence-electron chi connectivity index (χ3n) is 5.99. The van der Waals surface area contributed by atoms with Crippen LogP contribution in [0.15, 0.2) is 87.8 Å². The molecule has 0 saturated carbocycles. The summed E-state index contributed by atoms with van der Waals surface area (Å²) in [5.74, 6) is 0. The van der Waals surface area contributed by atoms with Crippen LogP contribution in [0.4, 0.5) is 0 Å². The molecule has 0 radical (unpaired) electrons. The third-order valence-corrected chi connectivity index (χ3v) is 9.81. The standard InChI is InChI=1S/C27H23Br2P/c28-21-15-11-19(12-16-21)26-24-9-5-2-6-10-25(24)27(20-13-17-22(29)18-14-20)30(26)23-7-3-1-4-8-23/h1,3-4,7-8,11-18H,2,5-6,9-10H2. The summed E-state index contributed by atoms with van der Waals surface area (Å²) in [7, 11) is -0.572. The minimum Gasteiger partial charge on any atom is -0.0767 e. The van der Waals surface area contributed by atoms with Gasteiger partial charge in [-0.1, -0.05) is 100 Å². The molecular weight excluding hydrogens is 515 g/mol. The molecule has 1 aliphatic carbocycles. The molecule has 0 spiro atoms. The Hall–Kier alpha value is -1.60. The molecule has 3 heteroatoms. The third kappa shape index (κ3) is 3.86. The molecule has 0 fully saturated rings. The molecule has 0 unspecified atom stereocenters. The van der Waals surface area contributed by atoms with Crippen LogP contribution in [0.5, 0.6) is 0 Å². The second-order valence-corrected chi connectivity index (χ2v) is 11.8. The second-order valence-electron chi connectivity index (χ2n) is 7.90.